The number of benzene rings is 3. The highest BCUT2D eigenvalue weighted by Gasteiger charge is 2.34. The minimum absolute atomic E-state index is 0.0504. The first kappa shape index (κ1) is 23.8. The van der Waals surface area contributed by atoms with Crippen molar-refractivity contribution in [3.05, 3.63) is 95.1 Å². The summed E-state index contributed by atoms with van der Waals surface area (Å²) in [4.78, 5) is 29.8. The summed E-state index contributed by atoms with van der Waals surface area (Å²) >= 11 is 5.32. The van der Waals surface area contributed by atoms with Crippen LogP contribution in [0.2, 0.25) is 0 Å². The van der Waals surface area contributed by atoms with Gasteiger partial charge >= 0.3 is 0 Å². The molecule has 0 atom stereocenters. The minimum Gasteiger partial charge on any atom is -0.494 e. The van der Waals surface area contributed by atoms with Gasteiger partial charge in [0.1, 0.15) is 11.3 Å². The maximum Gasteiger partial charge on any atom is 0.270 e. The van der Waals surface area contributed by atoms with Crippen LogP contribution < -0.4 is 19.9 Å². The average molecular weight is 498 g/mol. The van der Waals surface area contributed by atoms with Gasteiger partial charge in [-0.25, -0.2) is 0 Å². The largest absolute Gasteiger partial charge is 0.494 e. The summed E-state index contributed by atoms with van der Waals surface area (Å²) in [6.45, 7) is 4.31. The molecule has 6 nitrogen and oxygen atoms in total. The molecule has 0 aliphatic carbocycles. The smallest absolute Gasteiger partial charge is 0.270 e. The number of carbonyl (C=O) groups excluding carboxylic acids is 2. The predicted molar refractivity (Wildman–Crippen MR) is 146 cm³/mol. The molecule has 36 heavy (non-hydrogen) atoms. The van der Waals surface area contributed by atoms with E-state index < -0.39 is 11.8 Å². The van der Waals surface area contributed by atoms with Crippen molar-refractivity contribution in [1.82, 2.24) is 5.32 Å². The third kappa shape index (κ3) is 4.88. The lowest BCUT2D eigenvalue weighted by Gasteiger charge is -2.32. The second kappa shape index (κ2) is 10.3. The van der Waals surface area contributed by atoms with Crippen LogP contribution in [0.1, 0.15) is 30.0 Å². The van der Waals surface area contributed by atoms with E-state index in [0.717, 1.165) is 31.5 Å². The Hall–Kier alpha value is -3.97. The molecule has 7 heteroatoms. The van der Waals surface area contributed by atoms with Gasteiger partial charge in [0.2, 0.25) is 0 Å². The van der Waals surface area contributed by atoms with Crippen LogP contribution in [0.15, 0.2) is 78.4 Å². The lowest BCUT2D eigenvalue weighted by atomic mass is 9.97. The van der Waals surface area contributed by atoms with E-state index in [9.17, 15) is 9.59 Å². The fraction of sp³-hybridized carbons (Fsp3) is 0.207. The maximum absolute atomic E-state index is 13.4. The van der Waals surface area contributed by atoms with Crippen molar-refractivity contribution in [2.45, 2.75) is 26.3 Å². The summed E-state index contributed by atoms with van der Waals surface area (Å²) in [5.41, 5.74) is 5.12. The van der Waals surface area contributed by atoms with Gasteiger partial charge in [-0.1, -0.05) is 36.4 Å². The zero-order valence-electron chi connectivity index (χ0n) is 20.1. The molecule has 2 aliphatic heterocycles. The highest BCUT2D eigenvalue weighted by atomic mass is 32.1. The Morgan fingerprint density at radius 2 is 1.81 bits per heavy atom. The zero-order chi connectivity index (χ0) is 25.1. The second-order valence-corrected chi connectivity index (χ2v) is 9.17. The van der Waals surface area contributed by atoms with E-state index in [1.54, 1.807) is 30.3 Å². The van der Waals surface area contributed by atoms with Crippen LogP contribution in [0.3, 0.4) is 0 Å². The lowest BCUT2D eigenvalue weighted by Crippen LogP contribution is -2.54. The summed E-state index contributed by atoms with van der Waals surface area (Å²) in [7, 11) is 0. The third-order valence-corrected chi connectivity index (χ3v) is 6.64. The molecule has 3 aromatic rings. The van der Waals surface area contributed by atoms with Gasteiger partial charge in [-0.05, 0) is 91.1 Å². The van der Waals surface area contributed by atoms with E-state index in [1.807, 2.05) is 19.1 Å². The van der Waals surface area contributed by atoms with E-state index >= 15 is 0 Å². The maximum atomic E-state index is 13.4. The molecule has 0 spiro atoms. The summed E-state index contributed by atoms with van der Waals surface area (Å²) < 4.78 is 5.48. The van der Waals surface area contributed by atoms with Crippen LogP contribution in [-0.2, 0) is 22.6 Å². The highest BCUT2D eigenvalue weighted by molar-refractivity contribution is 7.80. The van der Waals surface area contributed by atoms with E-state index in [4.69, 9.17) is 17.0 Å². The van der Waals surface area contributed by atoms with Crippen molar-refractivity contribution in [3.8, 4) is 5.75 Å². The number of amides is 2. The van der Waals surface area contributed by atoms with Crippen molar-refractivity contribution in [1.29, 1.82) is 0 Å². The number of carbonyl (C=O) groups is 2. The molecule has 1 saturated heterocycles. The number of rotatable bonds is 6. The molecule has 5 rings (SSSR count). The van der Waals surface area contributed by atoms with Crippen molar-refractivity contribution in [2.24, 2.45) is 0 Å². The SMILES string of the molecule is CCOc1ccc(N2C(=O)C(=Cc3ccc4c(c3)CCCN4Cc3ccccc3)C(=O)NC2=S)cc1. The fourth-order valence-corrected chi connectivity index (χ4v) is 4.95. The number of nitrogens with one attached hydrogen (secondary N) is 1. The molecule has 2 aliphatic rings. The Morgan fingerprint density at radius 3 is 2.56 bits per heavy atom. The third-order valence-electron chi connectivity index (χ3n) is 6.35. The van der Waals surface area contributed by atoms with Gasteiger partial charge in [-0.15, -0.1) is 0 Å². The summed E-state index contributed by atoms with van der Waals surface area (Å²) in [6.07, 6.45) is 3.66. The van der Waals surface area contributed by atoms with Gasteiger partial charge in [0.05, 0.1) is 12.3 Å². The Labute approximate surface area is 216 Å². The van der Waals surface area contributed by atoms with E-state index in [2.05, 4.69) is 46.6 Å². The summed E-state index contributed by atoms with van der Waals surface area (Å²) in [5.74, 6) is -0.237. The van der Waals surface area contributed by atoms with E-state index in [-0.39, 0.29) is 10.7 Å². The van der Waals surface area contributed by atoms with Crippen molar-refractivity contribution in [3.63, 3.8) is 0 Å². The van der Waals surface area contributed by atoms with Crippen molar-refractivity contribution < 1.29 is 14.3 Å². The molecule has 2 amide bonds. The number of ether oxygens (including phenoxy) is 1. The van der Waals surface area contributed by atoms with Gasteiger partial charge in [-0.2, -0.15) is 0 Å². The van der Waals surface area contributed by atoms with Crippen LogP contribution in [0.5, 0.6) is 5.75 Å². The van der Waals surface area contributed by atoms with Crippen molar-refractivity contribution in [2.75, 3.05) is 23.0 Å². The number of anilines is 2. The lowest BCUT2D eigenvalue weighted by molar-refractivity contribution is -0.122. The van der Waals surface area contributed by atoms with Gasteiger partial charge in [0.15, 0.2) is 5.11 Å². The predicted octanol–water partition coefficient (Wildman–Crippen LogP) is 4.87. The first-order valence-corrected chi connectivity index (χ1v) is 12.5. The normalized spacial score (nSPS) is 16.7. The number of nitrogens with zero attached hydrogens (tertiary/aromatic N) is 2. The highest BCUT2D eigenvalue weighted by Crippen LogP contribution is 2.31. The Morgan fingerprint density at radius 1 is 1.03 bits per heavy atom. The molecule has 3 aromatic carbocycles. The molecule has 1 N–H and O–H groups in total. The monoisotopic (exact) mass is 497 g/mol. The molecule has 0 bridgehead atoms. The van der Waals surface area contributed by atoms with Crippen LogP contribution in [-0.4, -0.2) is 30.1 Å². The number of thiocarbonyl (C=S) groups is 1. The molecular formula is C29H27N3O3S. The number of hydrogen-bond donors (Lipinski definition) is 1. The van der Waals surface area contributed by atoms with Crippen molar-refractivity contribution >= 4 is 46.6 Å². The second-order valence-electron chi connectivity index (χ2n) is 8.78. The average Bonchev–Trinajstić information content (AvgIpc) is 2.88. The van der Waals surface area contributed by atoms with Gasteiger partial charge in [0.25, 0.3) is 11.8 Å². The van der Waals surface area contributed by atoms with E-state index in [1.165, 1.54) is 21.7 Å². The van der Waals surface area contributed by atoms with Crippen LogP contribution in [0, 0.1) is 0 Å². The fourth-order valence-electron chi connectivity index (χ4n) is 4.67. The number of fused-ring (bicyclic) bond motifs is 1. The molecule has 0 radical (unpaired) electrons. The van der Waals surface area contributed by atoms with Gasteiger partial charge < -0.3 is 9.64 Å². The molecule has 1 fully saturated rings. The van der Waals surface area contributed by atoms with Gasteiger partial charge in [-0.3, -0.25) is 19.8 Å². The molecule has 0 saturated carbocycles. The zero-order valence-corrected chi connectivity index (χ0v) is 20.9. The number of aryl methyl sites for hydroxylation is 1. The molecule has 182 valence electrons. The quantitative estimate of drug-likeness (QED) is 0.299. The van der Waals surface area contributed by atoms with Crippen LogP contribution in [0.25, 0.3) is 6.08 Å². The standard InChI is InChI=1S/C29H27N3O3S/c1-2-35-24-13-11-23(12-14-24)32-28(34)25(27(33)30-29(32)36)18-21-10-15-26-22(17-21)9-6-16-31(26)19-20-7-4-3-5-8-20/h3-5,7-8,10-15,17-18H,2,6,9,16,19H2,1H3,(H,30,33,36). The minimum atomic E-state index is -0.490. The molecule has 0 unspecified atom stereocenters. The summed E-state index contributed by atoms with van der Waals surface area (Å²) in [5, 5.41) is 2.72. The molecular weight excluding hydrogens is 470 g/mol. The van der Waals surface area contributed by atoms with Gasteiger partial charge in [0, 0.05) is 18.8 Å². The molecule has 2 heterocycles. The number of hydrogen-bond acceptors (Lipinski definition) is 5. The Bertz CT molecular complexity index is 1340. The Balaban J connectivity index is 1.41. The summed E-state index contributed by atoms with van der Waals surface area (Å²) in [6, 6.07) is 23.6. The van der Waals surface area contributed by atoms with Crippen LogP contribution in [0.4, 0.5) is 11.4 Å². The topological polar surface area (TPSA) is 61.9 Å². The molecule has 0 aromatic heterocycles. The van der Waals surface area contributed by atoms with Crippen LogP contribution >= 0.6 is 12.2 Å². The Kier molecular flexibility index (Phi) is 6.82. The first-order valence-electron chi connectivity index (χ1n) is 12.1. The first-order chi connectivity index (χ1) is 17.5. The van der Waals surface area contributed by atoms with E-state index in [0.29, 0.717) is 18.0 Å².